The molecule has 1 aromatic rings. The molecule has 3 nitrogen and oxygen atoms in total. The van der Waals surface area contributed by atoms with Crippen molar-refractivity contribution in [1.82, 2.24) is 5.32 Å². The van der Waals surface area contributed by atoms with Gasteiger partial charge < -0.3 is 14.8 Å². The SMILES string of the molecule is Brc1cccc(OCCNCCC2CCCCO2)c1. The highest BCUT2D eigenvalue weighted by Gasteiger charge is 2.12. The van der Waals surface area contributed by atoms with Crippen LogP contribution in [0.15, 0.2) is 28.7 Å². The second-order valence-electron chi connectivity index (χ2n) is 4.83. The lowest BCUT2D eigenvalue weighted by molar-refractivity contribution is 0.0115. The van der Waals surface area contributed by atoms with Gasteiger partial charge in [-0.15, -0.1) is 0 Å². The Bertz CT molecular complexity index is 367. The molecular weight excluding hydrogens is 306 g/mol. The molecule has 106 valence electrons. The summed E-state index contributed by atoms with van der Waals surface area (Å²) in [6.07, 6.45) is 5.33. The van der Waals surface area contributed by atoms with Crippen LogP contribution < -0.4 is 10.1 Å². The third kappa shape index (κ3) is 5.93. The molecule has 1 aromatic carbocycles. The normalized spacial score (nSPS) is 19.3. The van der Waals surface area contributed by atoms with Crippen LogP contribution in [0.2, 0.25) is 0 Å². The molecule has 1 unspecified atom stereocenters. The average Bonchev–Trinajstić information content (AvgIpc) is 2.44. The topological polar surface area (TPSA) is 30.5 Å². The van der Waals surface area contributed by atoms with Gasteiger partial charge in [0.2, 0.25) is 0 Å². The predicted octanol–water partition coefficient (Wildman–Crippen LogP) is 3.38. The van der Waals surface area contributed by atoms with Gasteiger partial charge in [-0.05, 0) is 50.4 Å². The minimum absolute atomic E-state index is 0.465. The summed E-state index contributed by atoms with van der Waals surface area (Å²) < 4.78 is 12.4. The summed E-state index contributed by atoms with van der Waals surface area (Å²) in [5.74, 6) is 0.909. The first-order chi connectivity index (χ1) is 9.34. The van der Waals surface area contributed by atoms with E-state index in [1.165, 1.54) is 19.3 Å². The van der Waals surface area contributed by atoms with E-state index in [1.54, 1.807) is 0 Å². The van der Waals surface area contributed by atoms with Gasteiger partial charge in [-0.1, -0.05) is 22.0 Å². The lowest BCUT2D eigenvalue weighted by atomic mass is 10.1. The van der Waals surface area contributed by atoms with E-state index in [9.17, 15) is 0 Å². The summed E-state index contributed by atoms with van der Waals surface area (Å²) in [5, 5.41) is 3.40. The average molecular weight is 328 g/mol. The van der Waals surface area contributed by atoms with Gasteiger partial charge in [-0.2, -0.15) is 0 Å². The van der Waals surface area contributed by atoms with Gasteiger partial charge in [-0.3, -0.25) is 0 Å². The lowest BCUT2D eigenvalue weighted by Crippen LogP contribution is -2.27. The maximum absolute atomic E-state index is 5.69. The fraction of sp³-hybridized carbons (Fsp3) is 0.600. The quantitative estimate of drug-likeness (QED) is 0.779. The molecule has 1 N–H and O–H groups in total. The molecule has 0 saturated carbocycles. The van der Waals surface area contributed by atoms with Gasteiger partial charge in [0, 0.05) is 17.6 Å². The molecule has 1 aliphatic rings. The van der Waals surface area contributed by atoms with E-state index < -0.39 is 0 Å². The second-order valence-corrected chi connectivity index (χ2v) is 5.75. The molecule has 1 atom stereocenters. The predicted molar refractivity (Wildman–Crippen MR) is 80.7 cm³/mol. The van der Waals surface area contributed by atoms with Gasteiger partial charge in [-0.25, -0.2) is 0 Å². The highest BCUT2D eigenvalue weighted by atomic mass is 79.9. The third-order valence-electron chi connectivity index (χ3n) is 3.26. The zero-order chi connectivity index (χ0) is 13.3. The molecule has 0 radical (unpaired) electrons. The fourth-order valence-corrected chi connectivity index (χ4v) is 2.60. The van der Waals surface area contributed by atoms with E-state index in [2.05, 4.69) is 21.2 Å². The molecule has 1 aliphatic heterocycles. The monoisotopic (exact) mass is 327 g/mol. The maximum atomic E-state index is 5.69. The van der Waals surface area contributed by atoms with Crippen molar-refractivity contribution in [1.29, 1.82) is 0 Å². The number of halogens is 1. The van der Waals surface area contributed by atoms with Crippen molar-refractivity contribution >= 4 is 15.9 Å². The summed E-state index contributed by atoms with van der Waals surface area (Å²) in [6.45, 7) is 3.52. The Labute approximate surface area is 123 Å². The summed E-state index contributed by atoms with van der Waals surface area (Å²) in [4.78, 5) is 0. The zero-order valence-electron chi connectivity index (χ0n) is 11.2. The van der Waals surface area contributed by atoms with Gasteiger partial charge >= 0.3 is 0 Å². The van der Waals surface area contributed by atoms with E-state index in [4.69, 9.17) is 9.47 Å². The molecule has 0 spiro atoms. The Morgan fingerprint density at radius 1 is 1.32 bits per heavy atom. The molecule has 4 heteroatoms. The first kappa shape index (κ1) is 14.8. The first-order valence-corrected chi connectivity index (χ1v) is 7.84. The Morgan fingerprint density at radius 2 is 2.26 bits per heavy atom. The fourth-order valence-electron chi connectivity index (χ4n) is 2.22. The first-order valence-electron chi connectivity index (χ1n) is 7.05. The zero-order valence-corrected chi connectivity index (χ0v) is 12.8. The Kier molecular flexibility index (Phi) is 6.68. The van der Waals surface area contributed by atoms with E-state index >= 15 is 0 Å². The third-order valence-corrected chi connectivity index (χ3v) is 3.75. The summed E-state index contributed by atoms with van der Waals surface area (Å²) in [7, 11) is 0. The summed E-state index contributed by atoms with van der Waals surface area (Å²) in [6, 6.07) is 7.93. The number of benzene rings is 1. The van der Waals surface area contributed by atoms with Crippen molar-refractivity contribution in [3.8, 4) is 5.75 Å². The number of hydrogen-bond donors (Lipinski definition) is 1. The number of hydrogen-bond acceptors (Lipinski definition) is 3. The highest BCUT2D eigenvalue weighted by Crippen LogP contribution is 2.17. The van der Waals surface area contributed by atoms with Crippen molar-refractivity contribution in [2.75, 3.05) is 26.3 Å². The van der Waals surface area contributed by atoms with Crippen LogP contribution in [0.1, 0.15) is 25.7 Å². The van der Waals surface area contributed by atoms with Crippen LogP contribution in [0.5, 0.6) is 5.75 Å². The van der Waals surface area contributed by atoms with Gasteiger partial charge in [0.25, 0.3) is 0 Å². The molecule has 19 heavy (non-hydrogen) atoms. The van der Waals surface area contributed by atoms with Crippen LogP contribution in [0.4, 0.5) is 0 Å². The molecule has 0 amide bonds. The highest BCUT2D eigenvalue weighted by molar-refractivity contribution is 9.10. The van der Waals surface area contributed by atoms with Crippen LogP contribution in [0, 0.1) is 0 Å². The molecule has 1 fully saturated rings. The van der Waals surface area contributed by atoms with E-state index in [0.29, 0.717) is 12.7 Å². The molecule has 1 heterocycles. The van der Waals surface area contributed by atoms with Crippen molar-refractivity contribution in [3.05, 3.63) is 28.7 Å². The smallest absolute Gasteiger partial charge is 0.120 e. The standard InChI is InChI=1S/C15H22BrNO2/c16-13-4-3-6-15(12-13)19-11-9-17-8-7-14-5-1-2-10-18-14/h3-4,6,12,14,17H,1-2,5,7-11H2. The van der Waals surface area contributed by atoms with Crippen molar-refractivity contribution in [2.45, 2.75) is 31.8 Å². The number of nitrogens with one attached hydrogen (secondary N) is 1. The van der Waals surface area contributed by atoms with Crippen LogP contribution >= 0.6 is 15.9 Å². The number of rotatable bonds is 7. The molecule has 0 aliphatic carbocycles. The van der Waals surface area contributed by atoms with E-state index in [0.717, 1.165) is 36.3 Å². The van der Waals surface area contributed by atoms with E-state index in [-0.39, 0.29) is 0 Å². The molecule has 2 rings (SSSR count). The largest absolute Gasteiger partial charge is 0.492 e. The van der Waals surface area contributed by atoms with Crippen molar-refractivity contribution in [3.63, 3.8) is 0 Å². The van der Waals surface area contributed by atoms with Gasteiger partial charge in [0.1, 0.15) is 12.4 Å². The van der Waals surface area contributed by atoms with E-state index in [1.807, 2.05) is 24.3 Å². The molecule has 0 aromatic heterocycles. The van der Waals surface area contributed by atoms with Crippen LogP contribution in [0.3, 0.4) is 0 Å². The van der Waals surface area contributed by atoms with Crippen LogP contribution in [-0.2, 0) is 4.74 Å². The Balaban J connectivity index is 1.50. The molecular formula is C15H22BrNO2. The van der Waals surface area contributed by atoms with Gasteiger partial charge in [0.05, 0.1) is 6.10 Å². The minimum Gasteiger partial charge on any atom is -0.492 e. The maximum Gasteiger partial charge on any atom is 0.120 e. The Hall–Kier alpha value is -0.580. The van der Waals surface area contributed by atoms with Gasteiger partial charge in [0.15, 0.2) is 0 Å². The minimum atomic E-state index is 0.465. The second kappa shape index (κ2) is 8.56. The Morgan fingerprint density at radius 3 is 3.05 bits per heavy atom. The van der Waals surface area contributed by atoms with Crippen LogP contribution in [0.25, 0.3) is 0 Å². The lowest BCUT2D eigenvalue weighted by Gasteiger charge is -2.22. The summed E-state index contributed by atoms with van der Waals surface area (Å²) in [5.41, 5.74) is 0. The van der Waals surface area contributed by atoms with Crippen LogP contribution in [-0.4, -0.2) is 32.4 Å². The van der Waals surface area contributed by atoms with Crippen molar-refractivity contribution in [2.24, 2.45) is 0 Å². The van der Waals surface area contributed by atoms with Crippen molar-refractivity contribution < 1.29 is 9.47 Å². The molecule has 0 bridgehead atoms. The molecule has 1 saturated heterocycles. The number of ether oxygens (including phenoxy) is 2. The summed E-state index contributed by atoms with van der Waals surface area (Å²) >= 11 is 3.43.